The summed E-state index contributed by atoms with van der Waals surface area (Å²) in [7, 11) is 0. The Kier molecular flexibility index (Phi) is 2.87. The average molecular weight is 293 g/mol. The molecule has 2 rings (SSSR count). The lowest BCUT2D eigenvalue weighted by molar-refractivity contribution is 1.56. The Balaban J connectivity index is 2.49. The van der Waals surface area contributed by atoms with Crippen LogP contribution in [0, 0.1) is 10.5 Å². The fourth-order valence-corrected chi connectivity index (χ4v) is 1.96. The van der Waals surface area contributed by atoms with Crippen LogP contribution in [0.25, 0.3) is 11.1 Å². The fourth-order valence-electron chi connectivity index (χ4n) is 1.42. The van der Waals surface area contributed by atoms with Crippen molar-refractivity contribution in [3.63, 3.8) is 0 Å². The first-order valence-electron chi connectivity index (χ1n) is 4.44. The second kappa shape index (κ2) is 4.13. The zero-order valence-electron chi connectivity index (χ0n) is 7.70. The molecule has 0 saturated carbocycles. The van der Waals surface area contributed by atoms with E-state index in [1.165, 1.54) is 14.7 Å². The summed E-state index contributed by atoms with van der Waals surface area (Å²) in [5.41, 5.74) is 3.54. The summed E-state index contributed by atoms with van der Waals surface area (Å²) in [6, 6.07) is 16.7. The highest BCUT2D eigenvalue weighted by atomic mass is 127. The van der Waals surface area contributed by atoms with Crippen molar-refractivity contribution < 1.29 is 0 Å². The minimum atomic E-state index is 1.06. The molecule has 14 heavy (non-hydrogen) atoms. The van der Waals surface area contributed by atoms with Gasteiger partial charge in [0.2, 0.25) is 0 Å². The number of benzene rings is 2. The summed E-state index contributed by atoms with van der Waals surface area (Å²) < 4.78 is 1.26. The Bertz CT molecular complexity index is 403. The molecule has 69 valence electrons. The van der Waals surface area contributed by atoms with Crippen LogP contribution in [0.1, 0.15) is 5.56 Å². The van der Waals surface area contributed by atoms with Crippen molar-refractivity contribution in [3.8, 4) is 11.1 Å². The lowest BCUT2D eigenvalue weighted by Crippen LogP contribution is -1.79. The second-order valence-corrected chi connectivity index (χ2v) is 4.46. The summed E-state index contributed by atoms with van der Waals surface area (Å²) in [5, 5.41) is 0. The van der Waals surface area contributed by atoms with Crippen LogP contribution in [0.4, 0.5) is 0 Å². The maximum absolute atomic E-state index is 3.93. The molecule has 0 heterocycles. The molecule has 0 saturated heterocycles. The molecular formula is C13H10I. The molecule has 0 bridgehead atoms. The summed E-state index contributed by atoms with van der Waals surface area (Å²) in [5.74, 6) is 0. The van der Waals surface area contributed by atoms with E-state index in [1.807, 2.05) is 12.1 Å². The minimum Gasteiger partial charge on any atom is -0.0614 e. The van der Waals surface area contributed by atoms with E-state index in [-0.39, 0.29) is 0 Å². The van der Waals surface area contributed by atoms with Crippen molar-refractivity contribution in [2.75, 3.05) is 0 Å². The van der Waals surface area contributed by atoms with Crippen LogP contribution in [-0.2, 0) is 0 Å². The molecule has 0 amide bonds. The molecule has 0 aliphatic rings. The van der Waals surface area contributed by atoms with Gasteiger partial charge in [0.25, 0.3) is 0 Å². The Morgan fingerprint density at radius 1 is 0.857 bits per heavy atom. The molecule has 1 radical (unpaired) electrons. The number of hydrogen-bond donors (Lipinski definition) is 0. The van der Waals surface area contributed by atoms with Crippen LogP contribution in [0.5, 0.6) is 0 Å². The van der Waals surface area contributed by atoms with Gasteiger partial charge in [-0.3, -0.25) is 0 Å². The fraction of sp³-hybridized carbons (Fsp3) is 0. The third-order valence-electron chi connectivity index (χ3n) is 2.08. The van der Waals surface area contributed by atoms with Gasteiger partial charge in [0, 0.05) is 3.57 Å². The molecule has 2 aromatic carbocycles. The standard InChI is InChI=1S/C13H10I/c1-10-4-2-5-11(8-10)12-6-3-7-13(14)9-12/h2-9H,1H2. The van der Waals surface area contributed by atoms with Crippen LogP contribution in [0.2, 0.25) is 0 Å². The summed E-state index contributed by atoms with van der Waals surface area (Å²) in [4.78, 5) is 0. The van der Waals surface area contributed by atoms with Gasteiger partial charge in [-0.25, -0.2) is 0 Å². The monoisotopic (exact) mass is 293 g/mol. The molecule has 1 heteroatoms. The van der Waals surface area contributed by atoms with E-state index in [2.05, 4.69) is 65.9 Å². The Labute approximate surface area is 98.1 Å². The Morgan fingerprint density at radius 2 is 1.50 bits per heavy atom. The van der Waals surface area contributed by atoms with Crippen LogP contribution in [-0.4, -0.2) is 0 Å². The molecule has 2 aromatic rings. The van der Waals surface area contributed by atoms with E-state index in [1.54, 1.807) is 0 Å². The van der Waals surface area contributed by atoms with Crippen molar-refractivity contribution in [2.45, 2.75) is 0 Å². The summed E-state index contributed by atoms with van der Waals surface area (Å²) >= 11 is 2.33. The largest absolute Gasteiger partial charge is 0.0614 e. The summed E-state index contributed by atoms with van der Waals surface area (Å²) in [6.07, 6.45) is 0. The highest BCUT2D eigenvalue weighted by Crippen LogP contribution is 2.21. The minimum absolute atomic E-state index is 1.06. The zero-order valence-corrected chi connectivity index (χ0v) is 9.86. The molecule has 0 unspecified atom stereocenters. The SMILES string of the molecule is [CH2]c1cccc(-c2cccc(I)c2)c1. The number of hydrogen-bond acceptors (Lipinski definition) is 0. The lowest BCUT2D eigenvalue weighted by atomic mass is 10.0. The van der Waals surface area contributed by atoms with E-state index in [4.69, 9.17) is 0 Å². The predicted molar refractivity (Wildman–Crippen MR) is 69.1 cm³/mol. The second-order valence-electron chi connectivity index (χ2n) is 3.21. The van der Waals surface area contributed by atoms with Crippen molar-refractivity contribution in [3.05, 3.63) is 64.6 Å². The van der Waals surface area contributed by atoms with Crippen LogP contribution in [0.3, 0.4) is 0 Å². The molecule has 0 nitrogen and oxygen atoms in total. The van der Waals surface area contributed by atoms with Crippen molar-refractivity contribution in [1.29, 1.82) is 0 Å². The Morgan fingerprint density at radius 3 is 2.14 bits per heavy atom. The molecule has 0 spiro atoms. The van der Waals surface area contributed by atoms with Gasteiger partial charge >= 0.3 is 0 Å². The Hall–Kier alpha value is -0.830. The van der Waals surface area contributed by atoms with Gasteiger partial charge in [0.1, 0.15) is 0 Å². The zero-order chi connectivity index (χ0) is 9.97. The third-order valence-corrected chi connectivity index (χ3v) is 2.76. The first-order chi connectivity index (χ1) is 6.75. The first-order valence-corrected chi connectivity index (χ1v) is 5.51. The van der Waals surface area contributed by atoms with Crippen LogP contribution in [0.15, 0.2) is 48.5 Å². The maximum Gasteiger partial charge on any atom is 0.0136 e. The van der Waals surface area contributed by atoms with Gasteiger partial charge in [0.05, 0.1) is 0 Å². The van der Waals surface area contributed by atoms with Gasteiger partial charge in [0.15, 0.2) is 0 Å². The summed E-state index contributed by atoms with van der Waals surface area (Å²) in [6.45, 7) is 3.93. The van der Waals surface area contributed by atoms with E-state index in [0.29, 0.717) is 0 Å². The van der Waals surface area contributed by atoms with Gasteiger partial charge in [-0.15, -0.1) is 0 Å². The average Bonchev–Trinajstić information content (AvgIpc) is 2.18. The van der Waals surface area contributed by atoms with Gasteiger partial charge in [-0.05, 0) is 58.3 Å². The molecule has 0 aliphatic carbocycles. The lowest BCUT2D eigenvalue weighted by Gasteiger charge is -2.02. The normalized spacial score (nSPS) is 10.1. The van der Waals surface area contributed by atoms with Gasteiger partial charge < -0.3 is 0 Å². The van der Waals surface area contributed by atoms with E-state index >= 15 is 0 Å². The van der Waals surface area contributed by atoms with Crippen molar-refractivity contribution >= 4 is 22.6 Å². The highest BCUT2D eigenvalue weighted by molar-refractivity contribution is 14.1. The van der Waals surface area contributed by atoms with Crippen LogP contribution < -0.4 is 0 Å². The van der Waals surface area contributed by atoms with Crippen molar-refractivity contribution in [1.82, 2.24) is 0 Å². The van der Waals surface area contributed by atoms with Gasteiger partial charge in [-0.1, -0.05) is 36.4 Å². The molecule has 0 N–H and O–H groups in total. The smallest absolute Gasteiger partial charge is 0.0136 e. The molecular weight excluding hydrogens is 283 g/mol. The van der Waals surface area contributed by atoms with Gasteiger partial charge in [-0.2, -0.15) is 0 Å². The van der Waals surface area contributed by atoms with E-state index < -0.39 is 0 Å². The number of rotatable bonds is 1. The topological polar surface area (TPSA) is 0 Å². The predicted octanol–water partition coefficient (Wildman–Crippen LogP) is 4.14. The molecule has 0 atom stereocenters. The molecule has 0 aromatic heterocycles. The first kappa shape index (κ1) is 9.71. The van der Waals surface area contributed by atoms with Crippen molar-refractivity contribution in [2.24, 2.45) is 0 Å². The number of halogens is 1. The highest BCUT2D eigenvalue weighted by Gasteiger charge is 1.97. The molecule has 0 fully saturated rings. The maximum atomic E-state index is 3.93. The van der Waals surface area contributed by atoms with E-state index in [9.17, 15) is 0 Å². The molecule has 0 aliphatic heterocycles. The van der Waals surface area contributed by atoms with E-state index in [0.717, 1.165) is 5.56 Å². The third kappa shape index (κ3) is 2.15. The van der Waals surface area contributed by atoms with Crippen LogP contribution >= 0.6 is 22.6 Å². The quantitative estimate of drug-likeness (QED) is 0.693.